The molecule has 21 heavy (non-hydrogen) atoms. The third kappa shape index (κ3) is 4.67. The molecule has 0 spiro atoms. The number of halogens is 4. The molecule has 114 valence electrons. The molecule has 2 aromatic rings. The van der Waals surface area contributed by atoms with Crippen molar-refractivity contribution in [3.05, 3.63) is 64.2 Å². The van der Waals surface area contributed by atoms with Crippen LogP contribution in [-0.2, 0) is 12.6 Å². The van der Waals surface area contributed by atoms with Gasteiger partial charge in [-0.05, 0) is 29.3 Å². The van der Waals surface area contributed by atoms with Gasteiger partial charge < -0.3 is 5.73 Å². The van der Waals surface area contributed by atoms with Crippen molar-refractivity contribution < 1.29 is 13.2 Å². The smallest absolute Gasteiger partial charge is 0.398 e. The van der Waals surface area contributed by atoms with Crippen LogP contribution in [0.5, 0.6) is 0 Å². The van der Waals surface area contributed by atoms with E-state index in [1.54, 1.807) is 12.1 Å². The van der Waals surface area contributed by atoms with Crippen molar-refractivity contribution in [2.24, 2.45) is 0 Å². The van der Waals surface area contributed by atoms with Gasteiger partial charge in [-0.2, -0.15) is 13.2 Å². The van der Waals surface area contributed by atoms with Crippen molar-refractivity contribution in [3.63, 3.8) is 0 Å². The Morgan fingerprint density at radius 1 is 1.00 bits per heavy atom. The summed E-state index contributed by atoms with van der Waals surface area (Å²) in [4.78, 5) is 0. The second kappa shape index (κ2) is 7.36. The Hall–Kier alpha value is -1.68. The number of rotatable bonds is 2. The Morgan fingerprint density at radius 2 is 1.62 bits per heavy atom. The molecule has 0 aliphatic carbocycles. The van der Waals surface area contributed by atoms with E-state index in [1.165, 1.54) is 6.07 Å². The van der Waals surface area contributed by atoms with Crippen LogP contribution >= 0.6 is 11.6 Å². The first-order chi connectivity index (χ1) is 9.88. The lowest BCUT2D eigenvalue weighted by Gasteiger charge is -2.11. The number of anilines is 1. The summed E-state index contributed by atoms with van der Waals surface area (Å²) in [6, 6.07) is 10.5. The van der Waals surface area contributed by atoms with E-state index in [2.05, 4.69) is 0 Å². The molecule has 0 bridgehead atoms. The molecule has 1 nitrogen and oxygen atoms in total. The predicted molar refractivity (Wildman–Crippen MR) is 81.5 cm³/mol. The summed E-state index contributed by atoms with van der Waals surface area (Å²) in [6.07, 6.45) is -3.97. The fourth-order valence-electron chi connectivity index (χ4n) is 1.77. The molecule has 0 heterocycles. The molecule has 0 saturated heterocycles. The first-order valence-corrected chi connectivity index (χ1v) is 6.95. The molecule has 0 radical (unpaired) electrons. The Kier molecular flexibility index (Phi) is 6.09. The summed E-state index contributed by atoms with van der Waals surface area (Å²) in [6.45, 7) is 4.00. The second-order valence-electron chi connectivity index (χ2n) is 4.18. The zero-order chi connectivity index (χ0) is 16.0. The lowest BCUT2D eigenvalue weighted by Crippen LogP contribution is -2.05. The summed E-state index contributed by atoms with van der Waals surface area (Å²) in [5.41, 5.74) is 7.10. The highest BCUT2D eigenvalue weighted by molar-refractivity contribution is 6.31. The zero-order valence-electron chi connectivity index (χ0n) is 11.8. The minimum Gasteiger partial charge on any atom is -0.398 e. The molecule has 0 unspecified atom stereocenters. The largest absolute Gasteiger partial charge is 0.416 e. The molecule has 0 aliphatic heterocycles. The average Bonchev–Trinajstić information content (AvgIpc) is 2.44. The quantitative estimate of drug-likeness (QED) is 0.721. The van der Waals surface area contributed by atoms with Crippen molar-refractivity contribution in [3.8, 4) is 0 Å². The minimum absolute atomic E-state index is 0.0954. The van der Waals surface area contributed by atoms with Gasteiger partial charge in [0.25, 0.3) is 0 Å². The maximum atomic E-state index is 12.5. The summed E-state index contributed by atoms with van der Waals surface area (Å²) in [5, 5.41) is 0.0954. The van der Waals surface area contributed by atoms with E-state index in [0.717, 1.165) is 17.7 Å². The highest BCUT2D eigenvalue weighted by atomic mass is 35.5. The SMILES string of the molecule is CC.Nc1ccccc1Cc1ccc(C(F)(F)F)cc1Cl. The fourth-order valence-corrected chi connectivity index (χ4v) is 2.01. The Bertz CT molecular complexity index is 594. The molecule has 2 rings (SSSR count). The van der Waals surface area contributed by atoms with Gasteiger partial charge in [0, 0.05) is 17.1 Å². The number of benzene rings is 2. The van der Waals surface area contributed by atoms with E-state index in [1.807, 2.05) is 26.0 Å². The highest BCUT2D eigenvalue weighted by Crippen LogP contribution is 2.33. The molecule has 5 heteroatoms. The van der Waals surface area contributed by atoms with E-state index < -0.39 is 11.7 Å². The molecule has 2 aromatic carbocycles. The number of hydrogen-bond acceptors (Lipinski definition) is 1. The molecule has 2 N–H and O–H groups in total. The summed E-state index contributed by atoms with van der Waals surface area (Å²) >= 11 is 5.90. The highest BCUT2D eigenvalue weighted by Gasteiger charge is 2.30. The maximum absolute atomic E-state index is 12.5. The molecule has 0 aromatic heterocycles. The number of hydrogen-bond donors (Lipinski definition) is 1. The van der Waals surface area contributed by atoms with Gasteiger partial charge in [-0.15, -0.1) is 0 Å². The molecule has 0 aliphatic rings. The monoisotopic (exact) mass is 315 g/mol. The molecular weight excluding hydrogens is 299 g/mol. The van der Waals surface area contributed by atoms with Crippen LogP contribution in [0.3, 0.4) is 0 Å². The number of para-hydroxylation sites is 1. The van der Waals surface area contributed by atoms with Gasteiger partial charge >= 0.3 is 6.18 Å². The molecule has 0 saturated carbocycles. The van der Waals surface area contributed by atoms with Crippen LogP contribution in [0.25, 0.3) is 0 Å². The normalized spacial score (nSPS) is 10.8. The first-order valence-electron chi connectivity index (χ1n) is 6.57. The van der Waals surface area contributed by atoms with Crippen LogP contribution in [0.1, 0.15) is 30.5 Å². The van der Waals surface area contributed by atoms with Crippen molar-refractivity contribution in [2.45, 2.75) is 26.4 Å². The van der Waals surface area contributed by atoms with Gasteiger partial charge in [-0.3, -0.25) is 0 Å². The molecule has 0 fully saturated rings. The Morgan fingerprint density at radius 3 is 2.14 bits per heavy atom. The maximum Gasteiger partial charge on any atom is 0.416 e. The van der Waals surface area contributed by atoms with Crippen LogP contribution < -0.4 is 5.73 Å². The van der Waals surface area contributed by atoms with Gasteiger partial charge in [-0.25, -0.2) is 0 Å². The fraction of sp³-hybridized carbons (Fsp3) is 0.250. The zero-order valence-corrected chi connectivity index (χ0v) is 12.6. The van der Waals surface area contributed by atoms with E-state index in [-0.39, 0.29) is 5.02 Å². The van der Waals surface area contributed by atoms with Gasteiger partial charge in [0.2, 0.25) is 0 Å². The van der Waals surface area contributed by atoms with E-state index in [4.69, 9.17) is 17.3 Å². The summed E-state index contributed by atoms with van der Waals surface area (Å²) in [5.74, 6) is 0. The van der Waals surface area contributed by atoms with Crippen LogP contribution in [0.2, 0.25) is 5.02 Å². The predicted octanol–water partition coefficient (Wildman–Crippen LogP) is 5.56. The van der Waals surface area contributed by atoms with Crippen LogP contribution in [0.15, 0.2) is 42.5 Å². The van der Waals surface area contributed by atoms with Crippen molar-refractivity contribution in [1.29, 1.82) is 0 Å². The summed E-state index contributed by atoms with van der Waals surface area (Å²) in [7, 11) is 0. The summed E-state index contributed by atoms with van der Waals surface area (Å²) < 4.78 is 37.5. The van der Waals surface area contributed by atoms with Gasteiger partial charge in [0.05, 0.1) is 5.56 Å². The van der Waals surface area contributed by atoms with Gasteiger partial charge in [-0.1, -0.05) is 49.7 Å². The standard InChI is InChI=1S/C14H11ClF3N.C2H6/c15-12-8-11(14(16,17)18)6-5-9(12)7-10-3-1-2-4-13(10)19;1-2/h1-6,8H,7,19H2;1-2H3. The van der Waals surface area contributed by atoms with E-state index in [9.17, 15) is 13.2 Å². The number of nitrogen functional groups attached to an aromatic ring is 1. The van der Waals surface area contributed by atoms with Crippen molar-refractivity contribution >= 4 is 17.3 Å². The van der Waals surface area contributed by atoms with Crippen LogP contribution in [0.4, 0.5) is 18.9 Å². The van der Waals surface area contributed by atoms with Gasteiger partial charge in [0.15, 0.2) is 0 Å². The lowest BCUT2D eigenvalue weighted by atomic mass is 10.0. The molecule has 0 amide bonds. The van der Waals surface area contributed by atoms with Crippen LogP contribution in [0, 0.1) is 0 Å². The number of nitrogens with two attached hydrogens (primary N) is 1. The Labute approximate surface area is 127 Å². The van der Waals surface area contributed by atoms with Crippen LogP contribution in [-0.4, -0.2) is 0 Å². The van der Waals surface area contributed by atoms with E-state index in [0.29, 0.717) is 17.7 Å². The van der Waals surface area contributed by atoms with E-state index >= 15 is 0 Å². The van der Waals surface area contributed by atoms with Crippen molar-refractivity contribution in [2.75, 3.05) is 5.73 Å². The molecule has 0 atom stereocenters. The third-order valence-electron chi connectivity index (χ3n) is 2.82. The third-order valence-corrected chi connectivity index (χ3v) is 3.17. The number of alkyl halides is 3. The minimum atomic E-state index is -4.38. The van der Waals surface area contributed by atoms with Crippen molar-refractivity contribution in [1.82, 2.24) is 0 Å². The molecular formula is C16H17ClF3N. The van der Waals surface area contributed by atoms with Gasteiger partial charge in [0.1, 0.15) is 0 Å². The Balaban J connectivity index is 0.00000106. The second-order valence-corrected chi connectivity index (χ2v) is 4.59. The first kappa shape index (κ1) is 17.4. The lowest BCUT2D eigenvalue weighted by molar-refractivity contribution is -0.137. The average molecular weight is 316 g/mol. The topological polar surface area (TPSA) is 26.0 Å².